The Bertz CT molecular complexity index is 1980. The van der Waals surface area contributed by atoms with Crippen LogP contribution < -0.4 is 0 Å². The molecule has 2 bridgehead atoms. The van der Waals surface area contributed by atoms with Gasteiger partial charge in [-0.15, -0.1) is 0 Å². The zero-order valence-electron chi connectivity index (χ0n) is 44.5. The Labute approximate surface area is 423 Å². The summed E-state index contributed by atoms with van der Waals surface area (Å²) in [5.41, 5.74) is 1.24. The van der Waals surface area contributed by atoms with Gasteiger partial charge < -0.3 is 47.8 Å². The highest BCUT2D eigenvalue weighted by atomic mass is 31.2. The van der Waals surface area contributed by atoms with Gasteiger partial charge in [-0.1, -0.05) is 71.1 Å². The molecule has 1 amide bonds. The molecule has 0 aromatic carbocycles. The second kappa shape index (κ2) is 27.9. The lowest BCUT2D eigenvalue weighted by molar-refractivity contribution is -0.265. The Morgan fingerprint density at radius 3 is 2.25 bits per heavy atom. The lowest BCUT2D eigenvalue weighted by atomic mass is 9.78. The number of carbonyl (C=O) groups excluding carboxylic acids is 5. The molecule has 2 N–H and O–H groups in total. The number of methoxy groups -OCH3 is 3. The van der Waals surface area contributed by atoms with E-state index in [1.807, 2.05) is 58.1 Å². The number of Topliss-reactive ketones (excluding diaryl/α,β-unsaturated/α-hetero) is 3. The summed E-state index contributed by atoms with van der Waals surface area (Å²) in [5.74, 6) is -8.26. The van der Waals surface area contributed by atoms with Gasteiger partial charge in [-0.3, -0.25) is 23.7 Å². The van der Waals surface area contributed by atoms with Crippen LogP contribution in [0.5, 0.6) is 0 Å². The number of hydrogen-bond donors (Lipinski definition) is 2. The van der Waals surface area contributed by atoms with Crippen LogP contribution in [-0.4, -0.2) is 140 Å². The average molecular weight is 1020 g/mol. The fourth-order valence-corrected chi connectivity index (χ4v) is 12.0. The zero-order valence-corrected chi connectivity index (χ0v) is 45.4. The monoisotopic (exact) mass is 1020 g/mol. The molecule has 3 fully saturated rings. The van der Waals surface area contributed by atoms with Crippen molar-refractivity contribution in [3.05, 3.63) is 47.6 Å². The first-order valence-corrected chi connectivity index (χ1v) is 27.9. The minimum atomic E-state index is -3.32. The molecule has 16 atom stereocenters. The Morgan fingerprint density at radius 2 is 1.59 bits per heavy atom. The van der Waals surface area contributed by atoms with Gasteiger partial charge >= 0.3 is 13.6 Å². The van der Waals surface area contributed by atoms with Crippen molar-refractivity contribution >= 4 is 36.8 Å². The third-order valence-corrected chi connectivity index (χ3v) is 16.5. The molecule has 16 nitrogen and oxygen atoms in total. The fraction of sp³-hybridized carbons (Fsp3) is 0.759. The number of fused-ring (bicyclic) bond motifs is 3. The molecular formula is C54H86NO15P. The summed E-state index contributed by atoms with van der Waals surface area (Å²) in [6.45, 7) is 16.1. The molecule has 1 saturated carbocycles. The summed E-state index contributed by atoms with van der Waals surface area (Å²) < 4.78 is 54.0. The van der Waals surface area contributed by atoms with Crippen LogP contribution in [0, 0.1) is 35.5 Å². The minimum absolute atomic E-state index is 0.00668. The van der Waals surface area contributed by atoms with Crippen LogP contribution in [0.15, 0.2) is 47.6 Å². The highest BCUT2D eigenvalue weighted by Crippen LogP contribution is 2.48. The Balaban J connectivity index is 1.70. The third-order valence-electron chi connectivity index (χ3n) is 15.1. The van der Waals surface area contributed by atoms with E-state index in [4.69, 9.17) is 32.7 Å². The number of aliphatic hydroxyl groups excluding tert-OH is 1. The van der Waals surface area contributed by atoms with E-state index in [0.29, 0.717) is 69.8 Å². The van der Waals surface area contributed by atoms with Gasteiger partial charge in [0.2, 0.25) is 5.79 Å². The van der Waals surface area contributed by atoms with E-state index in [-0.39, 0.29) is 55.3 Å². The number of ketones is 3. The largest absolute Gasteiger partial charge is 0.460 e. The molecular weight excluding hydrogens is 934 g/mol. The van der Waals surface area contributed by atoms with E-state index < -0.39 is 97.6 Å². The van der Waals surface area contributed by atoms with Gasteiger partial charge in [0, 0.05) is 65.1 Å². The standard InChI is InChI=1S/C54H86NO15P/c1-13-67-71(12,63)70-44-25-23-40(30-47(44)65-10)29-36(5)46-32-43(56)35(4)28-38(7)49(58)50(66-11)48(57)37(6)27-33(2)19-15-14-16-20-34(3)45(64-9)31-41-24-22-39(8)54(62,69-41)51(59)52(60)55-26-18-17-21-42(55)53(61)68-46/h14-16,19-20,28,33,35-37,39-42,44-47,49-50,58,62H,13,17-18,21-27,29-32H2,1-12H3/t33-,35-,36-,37-,39-,40?,41+,42?,44-,45+,46?,47-,49-,50+,54?,71?/m1/s1. The van der Waals surface area contributed by atoms with Gasteiger partial charge in [-0.2, -0.15) is 0 Å². The molecule has 17 heteroatoms. The number of ether oxygens (including phenoxy) is 5. The lowest BCUT2D eigenvalue weighted by Gasteiger charge is -2.42. The molecule has 0 aromatic rings. The van der Waals surface area contributed by atoms with Gasteiger partial charge in [-0.25, -0.2) is 4.79 Å². The van der Waals surface area contributed by atoms with Gasteiger partial charge in [0.05, 0.1) is 31.0 Å². The van der Waals surface area contributed by atoms with E-state index in [9.17, 15) is 38.8 Å². The van der Waals surface area contributed by atoms with Crippen LogP contribution in [0.2, 0.25) is 0 Å². The summed E-state index contributed by atoms with van der Waals surface area (Å²) in [6, 6.07) is -1.17. The highest BCUT2D eigenvalue weighted by molar-refractivity contribution is 7.53. The molecule has 0 aromatic heterocycles. The molecule has 4 aliphatic rings. The van der Waals surface area contributed by atoms with Crippen molar-refractivity contribution in [1.29, 1.82) is 0 Å². The fourth-order valence-electron chi connectivity index (χ4n) is 10.7. The molecule has 0 spiro atoms. The van der Waals surface area contributed by atoms with Crippen LogP contribution in [0.25, 0.3) is 0 Å². The number of allylic oxidation sites excluding steroid dienone is 6. The van der Waals surface area contributed by atoms with Crippen molar-refractivity contribution in [2.75, 3.05) is 41.1 Å². The van der Waals surface area contributed by atoms with Crippen LogP contribution in [0.4, 0.5) is 0 Å². The van der Waals surface area contributed by atoms with Crippen molar-refractivity contribution in [2.24, 2.45) is 35.5 Å². The molecule has 1 aliphatic carbocycles. The van der Waals surface area contributed by atoms with Crippen LogP contribution in [-0.2, 0) is 61.3 Å². The van der Waals surface area contributed by atoms with E-state index >= 15 is 0 Å². The summed E-state index contributed by atoms with van der Waals surface area (Å²) in [7, 11) is 1.20. The SMILES string of the molecule is CCOP(C)(=O)O[C@@H]1CCC(C[C@@H](C)C2CC(=O)[C@H](C)C=C(C)[C@@H](O)[C@@H](OC)C(=O)[C@H](C)C[C@H](C)C=CC=CC=C(C)[C@@H](OC)C[C@@H]3CC[C@@H](C)C(O)(O3)C(=O)C(=O)N3CCCCC3C(=O)O2)C[C@H]1OC. The first kappa shape index (κ1) is 60.4. The maximum Gasteiger partial charge on any atom is 0.329 e. The van der Waals surface area contributed by atoms with E-state index in [0.717, 1.165) is 5.57 Å². The minimum Gasteiger partial charge on any atom is -0.460 e. The molecule has 71 heavy (non-hydrogen) atoms. The third kappa shape index (κ3) is 16.7. The van der Waals surface area contributed by atoms with Crippen molar-refractivity contribution in [3.63, 3.8) is 0 Å². The summed E-state index contributed by atoms with van der Waals surface area (Å²) in [6.07, 6.45) is 10.8. The molecule has 402 valence electrons. The number of rotatable bonds is 10. The zero-order chi connectivity index (χ0) is 52.8. The Kier molecular flexibility index (Phi) is 23.7. The number of carbonyl (C=O) groups is 5. The van der Waals surface area contributed by atoms with Crippen LogP contribution in [0.3, 0.4) is 0 Å². The number of nitrogens with zero attached hydrogens (tertiary/aromatic N) is 1. The number of amides is 1. The predicted molar refractivity (Wildman–Crippen MR) is 269 cm³/mol. The number of hydrogen-bond acceptors (Lipinski definition) is 15. The summed E-state index contributed by atoms with van der Waals surface area (Å²) in [4.78, 5) is 72.4. The maximum absolute atomic E-state index is 14.5. The van der Waals surface area contributed by atoms with Crippen molar-refractivity contribution in [1.82, 2.24) is 4.90 Å². The maximum atomic E-state index is 14.5. The van der Waals surface area contributed by atoms with Gasteiger partial charge in [0.15, 0.2) is 5.78 Å². The number of aliphatic hydroxyl groups is 2. The molecule has 5 unspecified atom stereocenters. The second-order valence-electron chi connectivity index (χ2n) is 20.9. The van der Waals surface area contributed by atoms with Crippen LogP contribution >= 0.6 is 7.60 Å². The summed E-state index contributed by atoms with van der Waals surface area (Å²) >= 11 is 0. The topological polar surface area (TPSA) is 211 Å². The van der Waals surface area contributed by atoms with Crippen molar-refractivity contribution < 1.29 is 71.5 Å². The van der Waals surface area contributed by atoms with Crippen molar-refractivity contribution in [2.45, 2.75) is 187 Å². The van der Waals surface area contributed by atoms with Crippen LogP contribution in [0.1, 0.15) is 132 Å². The highest BCUT2D eigenvalue weighted by Gasteiger charge is 2.53. The van der Waals surface area contributed by atoms with E-state index in [2.05, 4.69) is 0 Å². The predicted octanol–water partition coefficient (Wildman–Crippen LogP) is 8.06. The molecule has 4 rings (SSSR count). The lowest BCUT2D eigenvalue weighted by Crippen LogP contribution is -2.61. The van der Waals surface area contributed by atoms with E-state index in [1.54, 1.807) is 48.0 Å². The Morgan fingerprint density at radius 1 is 0.873 bits per heavy atom. The molecule has 3 heterocycles. The molecule has 2 saturated heterocycles. The normalized spacial score (nSPS) is 36.6. The first-order chi connectivity index (χ1) is 33.5. The van der Waals surface area contributed by atoms with Gasteiger partial charge in [0.25, 0.3) is 11.7 Å². The number of cyclic esters (lactones) is 1. The van der Waals surface area contributed by atoms with Gasteiger partial charge in [-0.05, 0) is 114 Å². The van der Waals surface area contributed by atoms with E-state index in [1.165, 1.54) is 18.7 Å². The number of piperidine rings is 1. The van der Waals surface area contributed by atoms with Crippen molar-refractivity contribution in [3.8, 4) is 0 Å². The summed E-state index contributed by atoms with van der Waals surface area (Å²) in [5, 5.41) is 23.5. The average Bonchev–Trinajstić information content (AvgIpc) is 3.33. The second-order valence-corrected chi connectivity index (χ2v) is 22.9. The first-order valence-electron chi connectivity index (χ1n) is 25.9. The molecule has 0 radical (unpaired) electrons. The van der Waals surface area contributed by atoms with Gasteiger partial charge in [0.1, 0.15) is 30.1 Å². The number of esters is 1. The molecule has 3 aliphatic heterocycles. The smallest absolute Gasteiger partial charge is 0.329 e. The quantitative estimate of drug-likeness (QED) is 0.0917. The Hall–Kier alpha value is -3.18.